The number of hydrogen-bond acceptors (Lipinski definition) is 3. The predicted molar refractivity (Wildman–Crippen MR) is 87.0 cm³/mol. The zero-order valence-electron chi connectivity index (χ0n) is 14.1. The summed E-state index contributed by atoms with van der Waals surface area (Å²) in [6.07, 6.45) is 10.9. The molecule has 2 bridgehead atoms. The number of aryl methyl sites for hydroxylation is 1. The van der Waals surface area contributed by atoms with E-state index in [1.54, 1.807) is 0 Å². The van der Waals surface area contributed by atoms with Crippen LogP contribution < -0.4 is 0 Å². The van der Waals surface area contributed by atoms with Gasteiger partial charge in [0.25, 0.3) is 0 Å². The maximum absolute atomic E-state index is 10.9. The monoisotopic (exact) mass is 316 g/mol. The van der Waals surface area contributed by atoms with E-state index in [0.29, 0.717) is 23.2 Å². The van der Waals surface area contributed by atoms with Gasteiger partial charge >= 0.3 is 0 Å². The first-order valence-electron chi connectivity index (χ1n) is 9.40. The number of fused-ring (bicyclic) bond motifs is 5. The lowest BCUT2D eigenvalue weighted by atomic mass is 9.45. The van der Waals surface area contributed by atoms with Crippen LogP contribution in [-0.2, 0) is 6.42 Å². The molecule has 4 aliphatic carbocycles. The maximum atomic E-state index is 10.9. The first kappa shape index (κ1) is 14.5. The highest BCUT2D eigenvalue weighted by Gasteiger charge is 2.65. The Bertz CT molecular complexity index is 637. The number of aliphatic hydroxyl groups is 2. The summed E-state index contributed by atoms with van der Waals surface area (Å²) < 4.78 is 5.72. The molecule has 5 rings (SSSR count). The van der Waals surface area contributed by atoms with Gasteiger partial charge in [0, 0.05) is 6.42 Å². The van der Waals surface area contributed by atoms with E-state index in [2.05, 4.69) is 13.0 Å². The van der Waals surface area contributed by atoms with Crippen LogP contribution in [0, 0.1) is 22.7 Å². The summed E-state index contributed by atoms with van der Waals surface area (Å²) >= 11 is 0. The van der Waals surface area contributed by atoms with Gasteiger partial charge in [-0.2, -0.15) is 0 Å². The average Bonchev–Trinajstić information content (AvgIpc) is 3.09. The third-order valence-electron chi connectivity index (χ3n) is 8.46. The topological polar surface area (TPSA) is 53.6 Å². The fourth-order valence-electron chi connectivity index (χ4n) is 7.51. The van der Waals surface area contributed by atoms with Crippen molar-refractivity contribution in [3.8, 4) is 0 Å². The lowest BCUT2D eigenvalue weighted by Gasteiger charge is -2.59. The molecular formula is C20H28O3. The fraction of sp³-hybridized carbons (Fsp3) is 0.800. The maximum Gasteiger partial charge on any atom is 0.107 e. The van der Waals surface area contributed by atoms with Crippen LogP contribution >= 0.6 is 0 Å². The van der Waals surface area contributed by atoms with E-state index >= 15 is 0 Å². The van der Waals surface area contributed by atoms with Crippen molar-refractivity contribution in [1.82, 2.24) is 0 Å². The second kappa shape index (κ2) is 4.43. The third-order valence-corrected chi connectivity index (χ3v) is 8.46. The minimum absolute atomic E-state index is 0.0574. The Morgan fingerprint density at radius 2 is 2.13 bits per heavy atom. The highest BCUT2D eigenvalue weighted by Crippen LogP contribution is 2.71. The van der Waals surface area contributed by atoms with Gasteiger partial charge in [0.05, 0.1) is 18.5 Å². The Labute approximate surface area is 138 Å². The van der Waals surface area contributed by atoms with E-state index in [1.165, 1.54) is 37.0 Å². The van der Waals surface area contributed by atoms with Crippen LogP contribution in [0.25, 0.3) is 0 Å². The Kier molecular flexibility index (Phi) is 2.80. The molecule has 3 saturated carbocycles. The van der Waals surface area contributed by atoms with Crippen LogP contribution in [0.15, 0.2) is 16.7 Å². The van der Waals surface area contributed by atoms with Crippen molar-refractivity contribution >= 4 is 0 Å². The summed E-state index contributed by atoms with van der Waals surface area (Å²) in [6.45, 7) is 2.45. The Morgan fingerprint density at radius 1 is 1.26 bits per heavy atom. The van der Waals surface area contributed by atoms with Crippen molar-refractivity contribution in [2.24, 2.45) is 22.7 Å². The summed E-state index contributed by atoms with van der Waals surface area (Å²) in [6, 6.07) is 2.21. The molecule has 4 aliphatic rings. The molecule has 1 spiro atoms. The Hall–Kier alpha value is -0.800. The first-order valence-corrected chi connectivity index (χ1v) is 9.40. The van der Waals surface area contributed by atoms with E-state index in [0.717, 1.165) is 25.7 Å². The summed E-state index contributed by atoms with van der Waals surface area (Å²) in [7, 11) is 0. The molecule has 0 unspecified atom stereocenters. The van der Waals surface area contributed by atoms with Gasteiger partial charge in [-0.1, -0.05) is 6.92 Å². The molecule has 1 heterocycles. The molecule has 0 saturated heterocycles. The molecule has 1 aromatic heterocycles. The fourth-order valence-corrected chi connectivity index (χ4v) is 7.51. The van der Waals surface area contributed by atoms with Crippen LogP contribution in [0.3, 0.4) is 0 Å². The van der Waals surface area contributed by atoms with Gasteiger partial charge in [0.2, 0.25) is 0 Å². The number of hydrogen-bond donors (Lipinski definition) is 2. The van der Waals surface area contributed by atoms with Gasteiger partial charge < -0.3 is 14.6 Å². The van der Waals surface area contributed by atoms with Crippen molar-refractivity contribution < 1.29 is 14.6 Å². The molecule has 3 heteroatoms. The zero-order chi connectivity index (χ0) is 15.9. The molecule has 3 fully saturated rings. The van der Waals surface area contributed by atoms with E-state index in [4.69, 9.17) is 4.42 Å². The highest BCUT2D eigenvalue weighted by molar-refractivity contribution is 5.31. The largest absolute Gasteiger partial charge is 0.469 e. The number of aliphatic hydroxyl groups excluding tert-OH is 1. The van der Waals surface area contributed by atoms with Crippen LogP contribution in [-0.4, -0.2) is 22.4 Å². The van der Waals surface area contributed by atoms with Crippen molar-refractivity contribution in [1.29, 1.82) is 0 Å². The standard InChI is InChI=1S/C20H28O3/c1-18-7-5-16-14(6-9-23-16)15(18)4-8-19-10-13(2-3-17(18)19)20(22,11-19)12-21/h6,9,13,15,17,21-22H,2-5,7-8,10-12H2,1H3/t13-,15-,17+,18-,19+,20+/m0/s1. The third kappa shape index (κ3) is 1.68. The van der Waals surface area contributed by atoms with E-state index in [-0.39, 0.29) is 12.0 Å². The molecule has 23 heavy (non-hydrogen) atoms. The van der Waals surface area contributed by atoms with Crippen molar-refractivity contribution in [2.75, 3.05) is 6.61 Å². The number of furan rings is 1. The van der Waals surface area contributed by atoms with Gasteiger partial charge in [0.1, 0.15) is 5.76 Å². The van der Waals surface area contributed by atoms with Crippen LogP contribution in [0.1, 0.15) is 69.1 Å². The molecule has 126 valence electrons. The lowest BCUT2D eigenvalue weighted by Crippen LogP contribution is -2.51. The molecule has 2 N–H and O–H groups in total. The summed E-state index contributed by atoms with van der Waals surface area (Å²) in [5, 5.41) is 20.7. The van der Waals surface area contributed by atoms with Gasteiger partial charge in [-0.15, -0.1) is 0 Å². The minimum atomic E-state index is -0.812. The van der Waals surface area contributed by atoms with Crippen LogP contribution in [0.4, 0.5) is 0 Å². The normalized spacial score (nSPS) is 51.0. The van der Waals surface area contributed by atoms with E-state index in [1.807, 2.05) is 6.26 Å². The summed E-state index contributed by atoms with van der Waals surface area (Å²) in [5.41, 5.74) is 1.26. The van der Waals surface area contributed by atoms with Crippen LogP contribution in [0.2, 0.25) is 0 Å². The predicted octanol–water partition coefficient (Wildman–Crippen LogP) is 3.64. The SMILES string of the molecule is C[C@]12CCc3occc3[C@@H]1CC[C@]13C[C@H](CC[C@@H]12)[C@](O)(CO)C3. The highest BCUT2D eigenvalue weighted by atomic mass is 16.3. The van der Waals surface area contributed by atoms with Gasteiger partial charge in [-0.25, -0.2) is 0 Å². The molecule has 0 aromatic carbocycles. The summed E-state index contributed by atoms with van der Waals surface area (Å²) in [5.74, 6) is 2.85. The minimum Gasteiger partial charge on any atom is -0.469 e. The van der Waals surface area contributed by atoms with Crippen molar-refractivity contribution in [2.45, 2.75) is 69.8 Å². The van der Waals surface area contributed by atoms with Gasteiger partial charge in [-0.05, 0) is 85.2 Å². The average molecular weight is 316 g/mol. The molecule has 0 radical (unpaired) electrons. The Morgan fingerprint density at radius 3 is 2.96 bits per heavy atom. The van der Waals surface area contributed by atoms with Gasteiger partial charge in [0.15, 0.2) is 0 Å². The first-order chi connectivity index (χ1) is 11.0. The molecule has 0 aliphatic heterocycles. The lowest BCUT2D eigenvalue weighted by molar-refractivity contribution is -0.0727. The second-order valence-electron chi connectivity index (χ2n) is 9.23. The van der Waals surface area contributed by atoms with Gasteiger partial charge in [-0.3, -0.25) is 0 Å². The van der Waals surface area contributed by atoms with E-state index < -0.39 is 5.60 Å². The van der Waals surface area contributed by atoms with Crippen molar-refractivity contribution in [3.05, 3.63) is 23.7 Å². The molecule has 6 atom stereocenters. The zero-order valence-corrected chi connectivity index (χ0v) is 14.1. The van der Waals surface area contributed by atoms with Crippen LogP contribution in [0.5, 0.6) is 0 Å². The smallest absolute Gasteiger partial charge is 0.107 e. The molecule has 0 amide bonds. The van der Waals surface area contributed by atoms with Crippen molar-refractivity contribution in [3.63, 3.8) is 0 Å². The summed E-state index contributed by atoms with van der Waals surface area (Å²) in [4.78, 5) is 0. The number of rotatable bonds is 1. The Balaban J connectivity index is 1.56. The van der Waals surface area contributed by atoms with E-state index in [9.17, 15) is 10.2 Å². The molecule has 1 aromatic rings. The molecule has 3 nitrogen and oxygen atoms in total. The molecular weight excluding hydrogens is 288 g/mol. The quantitative estimate of drug-likeness (QED) is 0.831. The second-order valence-corrected chi connectivity index (χ2v) is 9.23.